The van der Waals surface area contributed by atoms with E-state index in [2.05, 4.69) is 53.5 Å². The van der Waals surface area contributed by atoms with E-state index in [0.717, 1.165) is 23.9 Å². The van der Waals surface area contributed by atoms with E-state index in [1.54, 1.807) is 0 Å². The lowest BCUT2D eigenvalue weighted by Gasteiger charge is -2.49. The van der Waals surface area contributed by atoms with E-state index < -0.39 is 0 Å². The van der Waals surface area contributed by atoms with Crippen molar-refractivity contribution in [1.82, 2.24) is 4.90 Å². The molecule has 0 spiro atoms. The standard InChI is InChI=1S/C13H27N/c1-9-8-12(13(4,5)6)10(2)11(3)14(9)7/h9-12H,8H2,1-7H3. The van der Waals surface area contributed by atoms with Crippen LogP contribution < -0.4 is 0 Å². The molecule has 0 radical (unpaired) electrons. The molecule has 4 atom stereocenters. The summed E-state index contributed by atoms with van der Waals surface area (Å²) >= 11 is 0. The summed E-state index contributed by atoms with van der Waals surface area (Å²) in [5.74, 6) is 1.68. The predicted molar refractivity (Wildman–Crippen MR) is 63.4 cm³/mol. The van der Waals surface area contributed by atoms with Crippen LogP contribution in [0.5, 0.6) is 0 Å². The van der Waals surface area contributed by atoms with Crippen LogP contribution in [0.4, 0.5) is 0 Å². The molecule has 1 heteroatoms. The Balaban J connectivity index is 2.81. The van der Waals surface area contributed by atoms with Gasteiger partial charge in [0.25, 0.3) is 0 Å². The maximum atomic E-state index is 2.53. The number of likely N-dealkylation sites (tertiary alicyclic amines) is 1. The molecule has 1 aliphatic rings. The Morgan fingerprint density at radius 1 is 1.07 bits per heavy atom. The summed E-state index contributed by atoms with van der Waals surface area (Å²) in [6, 6.07) is 1.47. The molecule has 1 nitrogen and oxygen atoms in total. The number of hydrogen-bond donors (Lipinski definition) is 0. The third kappa shape index (κ3) is 2.13. The third-order valence-corrected chi connectivity index (χ3v) is 4.44. The van der Waals surface area contributed by atoms with Gasteiger partial charge in [-0.15, -0.1) is 0 Å². The van der Waals surface area contributed by atoms with E-state index in [4.69, 9.17) is 0 Å². The molecule has 0 aliphatic carbocycles. The second kappa shape index (κ2) is 3.84. The van der Waals surface area contributed by atoms with E-state index in [9.17, 15) is 0 Å². The summed E-state index contributed by atoms with van der Waals surface area (Å²) in [7, 11) is 2.27. The molecule has 1 aliphatic heterocycles. The molecule has 0 aromatic carbocycles. The lowest BCUT2D eigenvalue weighted by atomic mass is 9.66. The predicted octanol–water partition coefficient (Wildman–Crippen LogP) is 3.40. The molecular weight excluding hydrogens is 170 g/mol. The van der Waals surface area contributed by atoms with Gasteiger partial charge in [0.2, 0.25) is 0 Å². The van der Waals surface area contributed by atoms with Crippen molar-refractivity contribution in [3.05, 3.63) is 0 Å². The van der Waals surface area contributed by atoms with Gasteiger partial charge in [0.15, 0.2) is 0 Å². The number of nitrogens with zero attached hydrogens (tertiary/aromatic N) is 1. The quantitative estimate of drug-likeness (QED) is 0.575. The summed E-state index contributed by atoms with van der Waals surface area (Å²) in [5, 5.41) is 0. The number of rotatable bonds is 0. The van der Waals surface area contributed by atoms with Gasteiger partial charge in [0.1, 0.15) is 0 Å². The molecule has 1 heterocycles. The van der Waals surface area contributed by atoms with Crippen molar-refractivity contribution in [3.63, 3.8) is 0 Å². The van der Waals surface area contributed by atoms with Crippen molar-refractivity contribution in [3.8, 4) is 0 Å². The van der Waals surface area contributed by atoms with Crippen LogP contribution in [0.15, 0.2) is 0 Å². The molecule has 0 aromatic rings. The van der Waals surface area contributed by atoms with Crippen LogP contribution in [0, 0.1) is 17.3 Å². The first kappa shape index (κ1) is 12.0. The molecule has 0 aromatic heterocycles. The largest absolute Gasteiger partial charge is 0.301 e. The van der Waals surface area contributed by atoms with Gasteiger partial charge in [-0.25, -0.2) is 0 Å². The average molecular weight is 197 g/mol. The summed E-state index contributed by atoms with van der Waals surface area (Å²) in [4.78, 5) is 2.53. The van der Waals surface area contributed by atoms with E-state index in [1.165, 1.54) is 6.42 Å². The van der Waals surface area contributed by atoms with E-state index >= 15 is 0 Å². The molecular formula is C13H27N. The zero-order chi connectivity index (χ0) is 11.1. The van der Waals surface area contributed by atoms with Gasteiger partial charge in [0, 0.05) is 12.1 Å². The first-order valence-electron chi connectivity index (χ1n) is 5.97. The Labute approximate surface area is 89.9 Å². The Morgan fingerprint density at radius 3 is 2.00 bits per heavy atom. The lowest BCUT2D eigenvalue weighted by Crippen LogP contribution is -2.51. The van der Waals surface area contributed by atoms with Gasteiger partial charge in [-0.05, 0) is 44.6 Å². The minimum atomic E-state index is 0.462. The number of hydrogen-bond acceptors (Lipinski definition) is 1. The molecule has 4 unspecified atom stereocenters. The third-order valence-electron chi connectivity index (χ3n) is 4.44. The van der Waals surface area contributed by atoms with Crippen molar-refractivity contribution in [1.29, 1.82) is 0 Å². The smallest absolute Gasteiger partial charge is 0.00951 e. The van der Waals surface area contributed by atoms with Crippen LogP contribution in [-0.4, -0.2) is 24.0 Å². The fourth-order valence-corrected chi connectivity index (χ4v) is 3.00. The maximum absolute atomic E-state index is 2.53. The molecule has 1 fully saturated rings. The minimum absolute atomic E-state index is 0.462. The number of piperidine rings is 1. The second-order valence-corrected chi connectivity index (χ2v) is 6.32. The van der Waals surface area contributed by atoms with Gasteiger partial charge in [0.05, 0.1) is 0 Å². The van der Waals surface area contributed by atoms with Crippen LogP contribution in [-0.2, 0) is 0 Å². The van der Waals surface area contributed by atoms with E-state index in [1.807, 2.05) is 0 Å². The van der Waals surface area contributed by atoms with Crippen LogP contribution in [0.1, 0.15) is 48.0 Å². The van der Waals surface area contributed by atoms with Gasteiger partial charge in [-0.2, -0.15) is 0 Å². The van der Waals surface area contributed by atoms with Crippen LogP contribution >= 0.6 is 0 Å². The fraction of sp³-hybridized carbons (Fsp3) is 1.00. The summed E-state index contributed by atoms with van der Waals surface area (Å²) in [5.41, 5.74) is 0.462. The van der Waals surface area contributed by atoms with E-state index in [0.29, 0.717) is 5.41 Å². The topological polar surface area (TPSA) is 3.24 Å². The van der Waals surface area contributed by atoms with Gasteiger partial charge in [-0.1, -0.05) is 27.7 Å². The summed E-state index contributed by atoms with van der Waals surface area (Å²) < 4.78 is 0. The zero-order valence-corrected chi connectivity index (χ0v) is 11.0. The molecule has 0 amide bonds. The Kier molecular flexibility index (Phi) is 3.30. The lowest BCUT2D eigenvalue weighted by molar-refractivity contribution is -0.00235. The molecule has 1 rings (SSSR count). The minimum Gasteiger partial charge on any atom is -0.301 e. The van der Waals surface area contributed by atoms with Crippen molar-refractivity contribution < 1.29 is 0 Å². The Morgan fingerprint density at radius 2 is 1.57 bits per heavy atom. The van der Waals surface area contributed by atoms with Crippen molar-refractivity contribution in [2.45, 2.75) is 60.0 Å². The molecule has 14 heavy (non-hydrogen) atoms. The molecule has 0 bridgehead atoms. The monoisotopic (exact) mass is 197 g/mol. The highest BCUT2D eigenvalue weighted by Crippen LogP contribution is 2.42. The van der Waals surface area contributed by atoms with Crippen LogP contribution in [0.2, 0.25) is 0 Å². The van der Waals surface area contributed by atoms with Crippen molar-refractivity contribution in [2.75, 3.05) is 7.05 Å². The fourth-order valence-electron chi connectivity index (χ4n) is 3.00. The van der Waals surface area contributed by atoms with Gasteiger partial charge < -0.3 is 4.90 Å². The van der Waals surface area contributed by atoms with E-state index in [-0.39, 0.29) is 0 Å². The first-order chi connectivity index (χ1) is 6.25. The zero-order valence-electron chi connectivity index (χ0n) is 11.0. The molecule has 0 N–H and O–H groups in total. The van der Waals surface area contributed by atoms with Crippen LogP contribution in [0.25, 0.3) is 0 Å². The Bertz CT molecular complexity index is 192. The SMILES string of the molecule is CC1C(C)N(C)C(C)CC1C(C)(C)C. The molecule has 0 saturated carbocycles. The highest BCUT2D eigenvalue weighted by Gasteiger charge is 2.39. The Hall–Kier alpha value is -0.0400. The highest BCUT2D eigenvalue weighted by molar-refractivity contribution is 4.92. The van der Waals surface area contributed by atoms with Crippen LogP contribution in [0.3, 0.4) is 0 Å². The van der Waals surface area contributed by atoms with Gasteiger partial charge >= 0.3 is 0 Å². The maximum Gasteiger partial charge on any atom is 0.00951 e. The summed E-state index contributed by atoms with van der Waals surface area (Å²) in [6.45, 7) is 14.3. The molecule has 84 valence electrons. The summed E-state index contributed by atoms with van der Waals surface area (Å²) in [6.07, 6.45) is 1.35. The first-order valence-corrected chi connectivity index (χ1v) is 5.97. The normalized spacial score (nSPS) is 41.4. The second-order valence-electron chi connectivity index (χ2n) is 6.32. The average Bonchev–Trinajstić information content (AvgIpc) is 2.06. The van der Waals surface area contributed by atoms with Crippen molar-refractivity contribution in [2.24, 2.45) is 17.3 Å². The van der Waals surface area contributed by atoms with Crippen molar-refractivity contribution >= 4 is 0 Å². The van der Waals surface area contributed by atoms with Gasteiger partial charge in [-0.3, -0.25) is 0 Å². The molecule has 1 saturated heterocycles. The highest BCUT2D eigenvalue weighted by atomic mass is 15.2.